The molecule has 3 rings (SSSR count). The first-order valence-corrected chi connectivity index (χ1v) is 12.3. The van der Waals surface area contributed by atoms with E-state index in [-0.39, 0.29) is 18.8 Å². The summed E-state index contributed by atoms with van der Waals surface area (Å²) in [5, 5.41) is 25.7. The van der Waals surface area contributed by atoms with Crippen LogP contribution in [-0.2, 0) is 33.9 Å². The van der Waals surface area contributed by atoms with Gasteiger partial charge in [-0.2, -0.15) is 0 Å². The van der Waals surface area contributed by atoms with E-state index in [1.54, 1.807) is 57.2 Å². The first-order valence-electron chi connectivity index (χ1n) is 12.3. The van der Waals surface area contributed by atoms with Crippen LogP contribution in [0.25, 0.3) is 0 Å². The number of ketones is 1. The first kappa shape index (κ1) is 28.4. The van der Waals surface area contributed by atoms with E-state index in [1.807, 2.05) is 36.4 Å². The number of ether oxygens (including phenoxy) is 1. The fourth-order valence-electron chi connectivity index (χ4n) is 4.23. The number of phenols is 1. The normalized spacial score (nSPS) is 13.7. The SMILES string of the molecule is CC(C)(C)C(NC(=O)OCc1ccccc1)(C(=O)O)C(=O)C(Cc1ccc(O)cc1)NCc1ccccc1. The van der Waals surface area contributed by atoms with E-state index in [0.29, 0.717) is 12.1 Å². The average molecular weight is 519 g/mol. The predicted octanol–water partition coefficient (Wildman–Crippen LogP) is 4.46. The number of aromatic hydroxyl groups is 1. The maximum Gasteiger partial charge on any atom is 0.408 e. The molecule has 0 saturated carbocycles. The lowest BCUT2D eigenvalue weighted by molar-refractivity contribution is -0.156. The van der Waals surface area contributed by atoms with Crippen molar-refractivity contribution in [2.75, 3.05) is 0 Å². The van der Waals surface area contributed by atoms with Crippen LogP contribution in [0.1, 0.15) is 37.5 Å². The molecule has 200 valence electrons. The van der Waals surface area contributed by atoms with Crippen LogP contribution in [0.3, 0.4) is 0 Å². The Morgan fingerprint density at radius 2 is 1.37 bits per heavy atom. The number of hydrogen-bond acceptors (Lipinski definition) is 6. The van der Waals surface area contributed by atoms with Crippen molar-refractivity contribution in [3.63, 3.8) is 0 Å². The molecule has 0 aliphatic carbocycles. The molecule has 0 fully saturated rings. The molecule has 38 heavy (non-hydrogen) atoms. The summed E-state index contributed by atoms with van der Waals surface area (Å²) in [5.74, 6) is -2.12. The molecule has 8 heteroatoms. The number of Topliss-reactive ketones (excluding diaryl/α,β-unsaturated/α-hetero) is 1. The standard InChI is InChI=1S/C30H34N2O6/c1-29(2,3)30(27(35)36,32-28(37)38-20-23-12-8-5-9-13-23)26(34)25(18-21-14-16-24(33)17-15-21)31-19-22-10-6-4-7-11-22/h4-17,25,31,33H,18-20H2,1-3H3,(H,32,37)(H,35,36). The predicted molar refractivity (Wildman–Crippen MR) is 143 cm³/mol. The van der Waals surface area contributed by atoms with Crippen LogP contribution in [0, 0.1) is 5.41 Å². The molecular weight excluding hydrogens is 484 g/mol. The van der Waals surface area contributed by atoms with Crippen LogP contribution in [0.5, 0.6) is 5.75 Å². The van der Waals surface area contributed by atoms with Gasteiger partial charge >= 0.3 is 12.1 Å². The molecule has 3 aromatic carbocycles. The Hall–Kier alpha value is -4.17. The van der Waals surface area contributed by atoms with Gasteiger partial charge in [0.2, 0.25) is 5.54 Å². The Labute approximate surface area is 222 Å². The summed E-state index contributed by atoms with van der Waals surface area (Å²) in [6.07, 6.45) is -0.872. The summed E-state index contributed by atoms with van der Waals surface area (Å²) in [4.78, 5) is 39.9. The van der Waals surface area contributed by atoms with Crippen molar-refractivity contribution in [1.82, 2.24) is 10.6 Å². The van der Waals surface area contributed by atoms with Crippen LogP contribution in [0.2, 0.25) is 0 Å². The highest BCUT2D eigenvalue weighted by molar-refractivity contribution is 6.13. The zero-order valence-electron chi connectivity index (χ0n) is 21.8. The molecule has 4 N–H and O–H groups in total. The molecule has 2 atom stereocenters. The number of nitrogens with one attached hydrogen (secondary N) is 2. The third-order valence-electron chi connectivity index (χ3n) is 6.41. The second kappa shape index (κ2) is 12.4. The quantitative estimate of drug-likeness (QED) is 0.276. The van der Waals surface area contributed by atoms with E-state index < -0.39 is 34.8 Å². The first-order chi connectivity index (χ1) is 18.0. The monoisotopic (exact) mass is 518 g/mol. The minimum absolute atomic E-state index is 0.0753. The summed E-state index contributed by atoms with van der Waals surface area (Å²) < 4.78 is 5.31. The topological polar surface area (TPSA) is 125 Å². The number of carboxylic acids is 1. The molecule has 0 saturated heterocycles. The number of rotatable bonds is 11. The van der Waals surface area contributed by atoms with Crippen molar-refractivity contribution in [3.8, 4) is 5.75 Å². The average Bonchev–Trinajstić information content (AvgIpc) is 2.89. The number of aliphatic carboxylic acids is 1. The van der Waals surface area contributed by atoms with Crippen LogP contribution >= 0.6 is 0 Å². The van der Waals surface area contributed by atoms with Gasteiger partial charge in [0.15, 0.2) is 5.78 Å². The Kier molecular flexibility index (Phi) is 9.25. The number of amides is 1. The second-order valence-corrected chi connectivity index (χ2v) is 10.1. The third-order valence-corrected chi connectivity index (χ3v) is 6.41. The van der Waals surface area contributed by atoms with E-state index >= 15 is 0 Å². The number of carbonyl (C=O) groups excluding carboxylic acids is 2. The molecular formula is C30H34N2O6. The summed E-state index contributed by atoms with van der Waals surface area (Å²) in [6.45, 7) is 4.99. The van der Waals surface area contributed by atoms with Gasteiger partial charge in [0.05, 0.1) is 6.04 Å². The molecule has 0 aliphatic heterocycles. The highest BCUT2D eigenvalue weighted by atomic mass is 16.5. The van der Waals surface area contributed by atoms with Gasteiger partial charge in [-0.1, -0.05) is 93.6 Å². The fourth-order valence-corrected chi connectivity index (χ4v) is 4.23. The number of phenolic OH excluding ortho intramolecular Hbond substituents is 1. The van der Waals surface area contributed by atoms with Crippen molar-refractivity contribution in [2.45, 2.75) is 51.9 Å². The van der Waals surface area contributed by atoms with Gasteiger partial charge in [-0.25, -0.2) is 9.59 Å². The lowest BCUT2D eigenvalue weighted by Crippen LogP contribution is -2.71. The van der Waals surface area contributed by atoms with Crippen molar-refractivity contribution < 1.29 is 29.3 Å². The Morgan fingerprint density at radius 1 is 0.816 bits per heavy atom. The zero-order valence-corrected chi connectivity index (χ0v) is 21.8. The fraction of sp³-hybridized carbons (Fsp3) is 0.300. The molecule has 0 bridgehead atoms. The lowest BCUT2D eigenvalue weighted by Gasteiger charge is -2.41. The number of carboxylic acid groups (broad SMARTS) is 1. The summed E-state index contributed by atoms with van der Waals surface area (Å²) in [7, 11) is 0. The molecule has 1 amide bonds. The largest absolute Gasteiger partial charge is 0.508 e. The number of hydrogen-bond donors (Lipinski definition) is 4. The van der Waals surface area contributed by atoms with Gasteiger partial charge < -0.3 is 20.3 Å². The van der Waals surface area contributed by atoms with Gasteiger partial charge in [-0.05, 0) is 35.2 Å². The second-order valence-electron chi connectivity index (χ2n) is 10.1. The molecule has 2 unspecified atom stereocenters. The van der Waals surface area contributed by atoms with E-state index in [2.05, 4.69) is 10.6 Å². The lowest BCUT2D eigenvalue weighted by atomic mass is 9.68. The van der Waals surface area contributed by atoms with E-state index in [1.165, 1.54) is 12.1 Å². The highest BCUT2D eigenvalue weighted by Gasteiger charge is 2.58. The Morgan fingerprint density at radius 3 is 1.89 bits per heavy atom. The molecule has 0 aromatic heterocycles. The molecule has 0 radical (unpaired) electrons. The summed E-state index contributed by atoms with van der Waals surface area (Å²) in [5.41, 5.74) is -1.18. The molecule has 8 nitrogen and oxygen atoms in total. The molecule has 0 heterocycles. The zero-order chi connectivity index (χ0) is 27.8. The van der Waals surface area contributed by atoms with Crippen molar-refractivity contribution in [2.24, 2.45) is 5.41 Å². The van der Waals surface area contributed by atoms with Gasteiger partial charge in [-0.3, -0.25) is 10.1 Å². The molecule has 0 spiro atoms. The number of carbonyl (C=O) groups is 3. The van der Waals surface area contributed by atoms with E-state index in [4.69, 9.17) is 4.74 Å². The molecule has 0 aliphatic rings. The van der Waals surface area contributed by atoms with Crippen LogP contribution in [0.15, 0.2) is 84.9 Å². The smallest absolute Gasteiger partial charge is 0.408 e. The highest BCUT2D eigenvalue weighted by Crippen LogP contribution is 2.34. The molecule has 3 aromatic rings. The van der Waals surface area contributed by atoms with E-state index in [0.717, 1.165) is 11.1 Å². The maximum absolute atomic E-state index is 14.2. The minimum Gasteiger partial charge on any atom is -0.508 e. The van der Waals surface area contributed by atoms with Crippen LogP contribution in [0.4, 0.5) is 4.79 Å². The minimum atomic E-state index is -2.30. The van der Waals surface area contributed by atoms with Crippen molar-refractivity contribution in [1.29, 1.82) is 0 Å². The van der Waals surface area contributed by atoms with Crippen LogP contribution in [-0.4, -0.2) is 39.6 Å². The van der Waals surface area contributed by atoms with E-state index in [9.17, 15) is 24.6 Å². The van der Waals surface area contributed by atoms with Crippen molar-refractivity contribution >= 4 is 17.8 Å². The van der Waals surface area contributed by atoms with Gasteiger partial charge in [0.25, 0.3) is 0 Å². The number of benzene rings is 3. The Balaban J connectivity index is 1.92. The third kappa shape index (κ3) is 6.98. The van der Waals surface area contributed by atoms with Crippen LogP contribution < -0.4 is 10.6 Å². The summed E-state index contributed by atoms with van der Waals surface area (Å²) in [6, 6.07) is 23.7. The maximum atomic E-state index is 14.2. The van der Waals surface area contributed by atoms with Gasteiger partial charge in [0.1, 0.15) is 12.4 Å². The van der Waals surface area contributed by atoms with Crippen molar-refractivity contribution in [3.05, 3.63) is 102 Å². The number of alkyl carbamates (subject to hydrolysis) is 1. The Bertz CT molecular complexity index is 1220. The summed E-state index contributed by atoms with van der Waals surface area (Å²) >= 11 is 0. The van der Waals surface area contributed by atoms with Gasteiger partial charge in [0, 0.05) is 12.0 Å². The van der Waals surface area contributed by atoms with Gasteiger partial charge in [-0.15, -0.1) is 0 Å².